The number of hydrogen-bond donors (Lipinski definition) is 1. The minimum Gasteiger partial charge on any atom is -0.349 e. The lowest BCUT2D eigenvalue weighted by atomic mass is 10.1. The number of anilines is 1. The number of rotatable bonds is 7. The molecule has 0 unspecified atom stereocenters. The van der Waals surface area contributed by atoms with Crippen LogP contribution in [-0.2, 0) is 0 Å². The van der Waals surface area contributed by atoms with Gasteiger partial charge in [0.2, 0.25) is 0 Å². The fourth-order valence-corrected chi connectivity index (χ4v) is 3.49. The summed E-state index contributed by atoms with van der Waals surface area (Å²) in [6.45, 7) is 6.02. The molecule has 134 valence electrons. The number of carbonyl (C=O) groups excluding carboxylic acids is 1. The van der Waals surface area contributed by atoms with E-state index in [9.17, 15) is 4.79 Å². The van der Waals surface area contributed by atoms with E-state index in [1.807, 2.05) is 47.3 Å². The molecule has 0 saturated heterocycles. The molecule has 0 spiro atoms. The zero-order valence-corrected chi connectivity index (χ0v) is 15.6. The molecule has 1 N–H and O–H groups in total. The molecule has 0 atom stereocenters. The Morgan fingerprint density at radius 3 is 2.69 bits per heavy atom. The maximum Gasteiger partial charge on any atom is 0.273 e. The van der Waals surface area contributed by atoms with Gasteiger partial charge in [-0.2, -0.15) is 5.10 Å². The lowest BCUT2D eigenvalue weighted by molar-refractivity contribution is 0.0955. The van der Waals surface area contributed by atoms with Crippen molar-refractivity contribution >= 4 is 28.6 Å². The molecule has 0 radical (unpaired) electrons. The first-order valence-corrected chi connectivity index (χ1v) is 9.31. The first-order chi connectivity index (χ1) is 12.7. The van der Waals surface area contributed by atoms with E-state index in [-0.39, 0.29) is 5.91 Å². The number of hydrazone groups is 1. The maximum atomic E-state index is 12.5. The molecule has 0 aliphatic heterocycles. The van der Waals surface area contributed by atoms with E-state index in [0.717, 1.165) is 28.8 Å². The molecule has 0 aliphatic carbocycles. The van der Waals surface area contributed by atoms with E-state index in [2.05, 4.69) is 34.3 Å². The second kappa shape index (κ2) is 8.44. The van der Waals surface area contributed by atoms with Crippen LogP contribution < -0.4 is 10.3 Å². The molecule has 6 nitrogen and oxygen atoms in total. The molecule has 0 fully saturated rings. The molecule has 3 aromatic rings. The highest BCUT2D eigenvalue weighted by Crippen LogP contribution is 2.20. The Morgan fingerprint density at radius 2 is 1.96 bits per heavy atom. The topological polar surface area (TPSA) is 62.5 Å². The van der Waals surface area contributed by atoms with Gasteiger partial charge in [0, 0.05) is 31.7 Å². The standard InChI is InChI=1S/C19H21N5OS/c1-3-23(4-2)19-20-13-15(26-19)14-21-22-18(25)16-9-5-6-10-17(16)24-11-7-8-12-24/h5-14H,3-4H2,1-2H3,(H,22,25)/b21-14-. The van der Waals surface area contributed by atoms with E-state index in [1.165, 1.54) is 0 Å². The van der Waals surface area contributed by atoms with Crippen molar-refractivity contribution in [3.63, 3.8) is 0 Å². The van der Waals surface area contributed by atoms with Crippen molar-refractivity contribution in [2.45, 2.75) is 13.8 Å². The van der Waals surface area contributed by atoms with Gasteiger partial charge in [0.05, 0.1) is 22.3 Å². The van der Waals surface area contributed by atoms with Gasteiger partial charge >= 0.3 is 0 Å². The zero-order chi connectivity index (χ0) is 18.4. The lowest BCUT2D eigenvalue weighted by Crippen LogP contribution is -2.21. The van der Waals surface area contributed by atoms with Gasteiger partial charge in [-0.3, -0.25) is 4.79 Å². The monoisotopic (exact) mass is 367 g/mol. The van der Waals surface area contributed by atoms with Crippen molar-refractivity contribution in [1.82, 2.24) is 15.0 Å². The predicted octanol–water partition coefficient (Wildman–Crippen LogP) is 3.54. The summed E-state index contributed by atoms with van der Waals surface area (Å²) in [5, 5.41) is 5.04. The van der Waals surface area contributed by atoms with E-state index in [0.29, 0.717) is 5.56 Å². The first-order valence-electron chi connectivity index (χ1n) is 8.49. The smallest absolute Gasteiger partial charge is 0.273 e. The quantitative estimate of drug-likeness (QED) is 0.513. The van der Waals surface area contributed by atoms with Gasteiger partial charge in [-0.1, -0.05) is 23.5 Å². The van der Waals surface area contributed by atoms with Crippen molar-refractivity contribution in [2.75, 3.05) is 18.0 Å². The minimum absolute atomic E-state index is 0.251. The first kappa shape index (κ1) is 17.9. The normalized spacial score (nSPS) is 11.0. The number of para-hydroxylation sites is 1. The third-order valence-corrected chi connectivity index (χ3v) is 4.93. The van der Waals surface area contributed by atoms with Crippen LogP contribution in [-0.4, -0.2) is 34.8 Å². The van der Waals surface area contributed by atoms with E-state index in [1.54, 1.807) is 29.8 Å². The lowest BCUT2D eigenvalue weighted by Gasteiger charge is -2.16. The van der Waals surface area contributed by atoms with Gasteiger partial charge in [-0.25, -0.2) is 10.4 Å². The molecular weight excluding hydrogens is 346 g/mol. The maximum absolute atomic E-state index is 12.5. The molecule has 7 heteroatoms. The van der Waals surface area contributed by atoms with Crippen LogP contribution in [0.15, 0.2) is 60.1 Å². The molecule has 2 heterocycles. The Balaban J connectivity index is 1.69. The van der Waals surface area contributed by atoms with E-state index < -0.39 is 0 Å². The number of amides is 1. The summed E-state index contributed by atoms with van der Waals surface area (Å²) in [4.78, 5) is 20.0. The van der Waals surface area contributed by atoms with E-state index in [4.69, 9.17) is 0 Å². The average molecular weight is 367 g/mol. The number of nitrogens with zero attached hydrogens (tertiary/aromatic N) is 4. The number of nitrogens with one attached hydrogen (secondary N) is 1. The summed E-state index contributed by atoms with van der Waals surface area (Å²) in [5.74, 6) is -0.251. The minimum atomic E-state index is -0.251. The molecule has 0 bridgehead atoms. The number of benzene rings is 1. The van der Waals surface area contributed by atoms with Crippen LogP contribution in [0.2, 0.25) is 0 Å². The molecule has 3 rings (SSSR count). The number of carbonyl (C=O) groups is 1. The van der Waals surface area contributed by atoms with Gasteiger partial charge in [0.25, 0.3) is 5.91 Å². The summed E-state index contributed by atoms with van der Waals surface area (Å²) in [6, 6.07) is 11.3. The van der Waals surface area contributed by atoms with Crippen molar-refractivity contribution in [3.05, 3.63) is 65.4 Å². The predicted molar refractivity (Wildman–Crippen MR) is 107 cm³/mol. The van der Waals surface area contributed by atoms with Crippen LogP contribution in [0.1, 0.15) is 29.1 Å². The van der Waals surface area contributed by atoms with Crippen LogP contribution in [0.4, 0.5) is 5.13 Å². The molecule has 0 aliphatic rings. The summed E-state index contributed by atoms with van der Waals surface area (Å²) < 4.78 is 1.90. The van der Waals surface area contributed by atoms with Gasteiger partial charge in [-0.15, -0.1) is 0 Å². The van der Waals surface area contributed by atoms with Crippen LogP contribution >= 0.6 is 11.3 Å². The van der Waals surface area contributed by atoms with Crippen LogP contribution in [0, 0.1) is 0 Å². The molecule has 2 aromatic heterocycles. The average Bonchev–Trinajstić information content (AvgIpc) is 3.35. The number of hydrogen-bond acceptors (Lipinski definition) is 5. The third-order valence-electron chi connectivity index (χ3n) is 3.93. The highest BCUT2D eigenvalue weighted by molar-refractivity contribution is 7.17. The van der Waals surface area contributed by atoms with Crippen molar-refractivity contribution in [1.29, 1.82) is 0 Å². The van der Waals surface area contributed by atoms with Gasteiger partial charge < -0.3 is 9.47 Å². The summed E-state index contributed by atoms with van der Waals surface area (Å²) in [7, 11) is 0. The fraction of sp³-hybridized carbons (Fsp3) is 0.211. The Morgan fingerprint density at radius 1 is 1.23 bits per heavy atom. The van der Waals surface area contributed by atoms with E-state index >= 15 is 0 Å². The molecule has 1 aromatic carbocycles. The van der Waals surface area contributed by atoms with Gasteiger partial charge in [0.15, 0.2) is 5.13 Å². The van der Waals surface area contributed by atoms with Crippen molar-refractivity contribution in [3.8, 4) is 5.69 Å². The highest BCUT2D eigenvalue weighted by Gasteiger charge is 2.11. The molecule has 1 amide bonds. The zero-order valence-electron chi connectivity index (χ0n) is 14.8. The van der Waals surface area contributed by atoms with Crippen LogP contribution in [0.25, 0.3) is 5.69 Å². The Labute approximate surface area is 156 Å². The SMILES string of the molecule is CCN(CC)c1ncc(/C=N\NC(=O)c2ccccc2-n2cccc2)s1. The summed E-state index contributed by atoms with van der Waals surface area (Å²) >= 11 is 1.55. The summed E-state index contributed by atoms with van der Waals surface area (Å²) in [5.41, 5.74) is 3.97. The highest BCUT2D eigenvalue weighted by atomic mass is 32.1. The second-order valence-electron chi connectivity index (χ2n) is 5.52. The van der Waals surface area contributed by atoms with Crippen LogP contribution in [0.5, 0.6) is 0 Å². The molecular formula is C19H21N5OS. The van der Waals surface area contributed by atoms with Gasteiger partial charge in [0.1, 0.15) is 0 Å². The number of aromatic nitrogens is 2. The second-order valence-corrected chi connectivity index (χ2v) is 6.56. The van der Waals surface area contributed by atoms with Gasteiger partial charge in [-0.05, 0) is 38.1 Å². The molecule has 0 saturated carbocycles. The van der Waals surface area contributed by atoms with Crippen molar-refractivity contribution in [2.24, 2.45) is 5.10 Å². The largest absolute Gasteiger partial charge is 0.349 e. The van der Waals surface area contributed by atoms with Crippen molar-refractivity contribution < 1.29 is 4.79 Å². The fourth-order valence-electron chi connectivity index (χ4n) is 2.58. The van der Waals surface area contributed by atoms with Crippen LogP contribution in [0.3, 0.4) is 0 Å². The Kier molecular flexibility index (Phi) is 5.80. The third kappa shape index (κ3) is 4.00. The Hall–Kier alpha value is -2.93. The Bertz CT molecular complexity index is 881. The number of thiazole rings is 1. The summed E-state index contributed by atoms with van der Waals surface area (Å²) in [6.07, 6.45) is 7.20. The molecule has 26 heavy (non-hydrogen) atoms.